The first-order valence-corrected chi connectivity index (χ1v) is 9.12. The molecule has 26 heavy (non-hydrogen) atoms. The minimum atomic E-state index is -4.19. The van der Waals surface area contributed by atoms with Gasteiger partial charge < -0.3 is 5.11 Å². The summed E-state index contributed by atoms with van der Waals surface area (Å²) < 4.78 is 37.6. The first-order valence-electron chi connectivity index (χ1n) is 7.58. The molecule has 0 aliphatic carbocycles. The summed E-state index contributed by atoms with van der Waals surface area (Å²) in [5, 5.41) is 13.5. The molecule has 6 nitrogen and oxygen atoms in total. The van der Waals surface area contributed by atoms with Gasteiger partial charge in [0.15, 0.2) is 5.15 Å². The van der Waals surface area contributed by atoms with Gasteiger partial charge in [-0.3, -0.25) is 9.88 Å². The van der Waals surface area contributed by atoms with Crippen molar-refractivity contribution in [1.82, 2.24) is 14.8 Å². The van der Waals surface area contributed by atoms with Crippen LogP contribution in [0.1, 0.15) is 12.8 Å². The van der Waals surface area contributed by atoms with Gasteiger partial charge in [-0.15, -0.1) is 0 Å². The second kappa shape index (κ2) is 9.13. The van der Waals surface area contributed by atoms with Crippen molar-refractivity contribution in [2.75, 3.05) is 23.0 Å². The lowest BCUT2D eigenvalue weighted by molar-refractivity contribution is -0.105. The molecule has 2 aromatic rings. The number of hydrogen-bond donors (Lipinski definition) is 1. The lowest BCUT2D eigenvalue weighted by Crippen LogP contribution is -2.30. The minimum Gasteiger partial charge on any atom is -0.465 e. The number of thioether (sulfide) groups is 1. The van der Waals surface area contributed by atoms with Crippen LogP contribution in [0.25, 0.3) is 5.69 Å². The number of rotatable bonds is 8. The van der Waals surface area contributed by atoms with Gasteiger partial charge in [0, 0.05) is 12.7 Å². The molecule has 0 saturated carbocycles. The van der Waals surface area contributed by atoms with Crippen LogP contribution in [-0.2, 0) is 0 Å². The number of anilines is 1. The maximum atomic E-state index is 12.1. The molecule has 0 aromatic carbocycles. The van der Waals surface area contributed by atoms with Crippen LogP contribution in [0.4, 0.5) is 23.7 Å². The van der Waals surface area contributed by atoms with E-state index in [1.54, 1.807) is 24.5 Å². The van der Waals surface area contributed by atoms with Crippen LogP contribution >= 0.6 is 23.4 Å². The van der Waals surface area contributed by atoms with E-state index in [1.807, 2.05) is 0 Å². The average molecular weight is 409 g/mol. The van der Waals surface area contributed by atoms with E-state index < -0.39 is 18.0 Å². The molecule has 1 N–H and O–H groups in total. The molecule has 0 unspecified atom stereocenters. The van der Waals surface area contributed by atoms with E-state index in [9.17, 15) is 23.1 Å². The highest BCUT2D eigenvalue weighted by Crippen LogP contribution is 2.27. The van der Waals surface area contributed by atoms with Crippen molar-refractivity contribution < 1.29 is 23.1 Å². The summed E-state index contributed by atoms with van der Waals surface area (Å²) >= 11 is 6.84. The Morgan fingerprint density at radius 2 is 2.15 bits per heavy atom. The minimum absolute atomic E-state index is 0.0164. The highest BCUT2D eigenvalue weighted by atomic mass is 35.5. The lowest BCUT2D eigenvalue weighted by atomic mass is 10.3. The van der Waals surface area contributed by atoms with Gasteiger partial charge in [0.2, 0.25) is 0 Å². The fraction of sp³-hybridized carbons (Fsp3) is 0.400. The number of unbranched alkanes of at least 4 members (excludes halogenated alkanes) is 1. The van der Waals surface area contributed by atoms with E-state index in [-0.39, 0.29) is 17.4 Å². The Kier molecular flexibility index (Phi) is 7.15. The Labute approximate surface area is 157 Å². The molecule has 142 valence electrons. The van der Waals surface area contributed by atoms with Crippen LogP contribution in [-0.4, -0.2) is 50.2 Å². The predicted molar refractivity (Wildman–Crippen MR) is 94.4 cm³/mol. The number of hydrogen-bond acceptors (Lipinski definition) is 4. The van der Waals surface area contributed by atoms with E-state index in [0.29, 0.717) is 24.3 Å². The number of halogens is 4. The molecule has 0 fully saturated rings. The molecule has 2 aromatic heterocycles. The van der Waals surface area contributed by atoms with Crippen LogP contribution in [0, 0.1) is 0 Å². The summed E-state index contributed by atoms with van der Waals surface area (Å²) in [6.07, 6.45) is 0.0922. The van der Waals surface area contributed by atoms with E-state index in [1.165, 1.54) is 10.9 Å². The molecule has 0 spiro atoms. The highest BCUT2D eigenvalue weighted by Gasteiger charge is 2.26. The third kappa shape index (κ3) is 6.10. The van der Waals surface area contributed by atoms with Gasteiger partial charge in [-0.05, 0) is 30.7 Å². The molecule has 0 bridgehead atoms. The Morgan fingerprint density at radius 3 is 2.77 bits per heavy atom. The number of aromatic nitrogens is 3. The van der Waals surface area contributed by atoms with Crippen molar-refractivity contribution in [3.8, 4) is 5.69 Å². The van der Waals surface area contributed by atoms with Gasteiger partial charge in [0.05, 0.1) is 23.8 Å². The Bertz CT molecular complexity index is 727. The maximum absolute atomic E-state index is 12.1. The van der Waals surface area contributed by atoms with Crippen molar-refractivity contribution in [3.63, 3.8) is 0 Å². The number of carbonyl (C=O) groups is 1. The lowest BCUT2D eigenvalue weighted by Gasteiger charge is -2.17. The standard InChI is InChI=1S/C15H16ClF3N4O2S/c16-13-12(9-23(21-13)11-4-3-5-20-8-11)22(14(24)25)6-1-2-7-26-10-15(17,18)19/h3-5,8-9H,1-2,6-7,10H2,(H,24,25). The SMILES string of the molecule is O=C(O)N(CCCCSCC(F)(F)F)c1cn(-c2cccnc2)nc1Cl. The van der Waals surface area contributed by atoms with Gasteiger partial charge >= 0.3 is 12.3 Å². The van der Waals surface area contributed by atoms with Crippen molar-refractivity contribution in [2.24, 2.45) is 0 Å². The number of amides is 1. The molecule has 0 saturated heterocycles. The number of alkyl halides is 3. The summed E-state index contributed by atoms with van der Waals surface area (Å²) in [6, 6.07) is 3.45. The van der Waals surface area contributed by atoms with Gasteiger partial charge in [0.25, 0.3) is 0 Å². The van der Waals surface area contributed by atoms with Crippen LogP contribution in [0.5, 0.6) is 0 Å². The van der Waals surface area contributed by atoms with Gasteiger partial charge in [-0.2, -0.15) is 30.0 Å². The smallest absolute Gasteiger partial charge is 0.411 e. The third-order valence-electron chi connectivity index (χ3n) is 3.27. The quantitative estimate of drug-likeness (QED) is 0.652. The zero-order chi connectivity index (χ0) is 19.2. The number of carboxylic acid groups (broad SMARTS) is 1. The zero-order valence-electron chi connectivity index (χ0n) is 13.5. The summed E-state index contributed by atoms with van der Waals surface area (Å²) in [5.41, 5.74) is 0.834. The molecule has 1 amide bonds. The molecule has 11 heteroatoms. The second-order valence-electron chi connectivity index (χ2n) is 5.27. The van der Waals surface area contributed by atoms with Gasteiger partial charge in [-0.1, -0.05) is 11.6 Å². The Morgan fingerprint density at radius 1 is 1.38 bits per heavy atom. The molecule has 0 aliphatic heterocycles. The Hall–Kier alpha value is -1.94. The van der Waals surface area contributed by atoms with Crippen LogP contribution in [0.3, 0.4) is 0 Å². The molecule has 0 aliphatic rings. The van der Waals surface area contributed by atoms with E-state index in [2.05, 4.69) is 10.1 Å². The average Bonchev–Trinajstić information content (AvgIpc) is 2.95. The molecular formula is C15H16ClF3N4O2S. The topological polar surface area (TPSA) is 71.2 Å². The molecule has 2 rings (SSSR count). The van der Waals surface area contributed by atoms with Crippen LogP contribution < -0.4 is 4.90 Å². The Balaban J connectivity index is 1.95. The summed E-state index contributed by atoms with van der Waals surface area (Å²) in [4.78, 5) is 16.5. The molecule has 2 heterocycles. The van der Waals surface area contributed by atoms with Crippen LogP contribution in [0.2, 0.25) is 5.15 Å². The van der Waals surface area contributed by atoms with Gasteiger partial charge in [0.1, 0.15) is 5.69 Å². The van der Waals surface area contributed by atoms with Crippen molar-refractivity contribution in [3.05, 3.63) is 35.9 Å². The summed E-state index contributed by atoms with van der Waals surface area (Å²) in [6.45, 7) is 0.111. The normalized spacial score (nSPS) is 11.5. The summed E-state index contributed by atoms with van der Waals surface area (Å²) in [7, 11) is 0. The highest BCUT2D eigenvalue weighted by molar-refractivity contribution is 7.99. The van der Waals surface area contributed by atoms with E-state index in [4.69, 9.17) is 11.6 Å². The third-order valence-corrected chi connectivity index (χ3v) is 4.65. The van der Waals surface area contributed by atoms with Crippen molar-refractivity contribution in [1.29, 1.82) is 0 Å². The maximum Gasteiger partial charge on any atom is 0.411 e. The van der Waals surface area contributed by atoms with E-state index in [0.717, 1.165) is 16.7 Å². The fourth-order valence-corrected chi connectivity index (χ4v) is 3.14. The monoisotopic (exact) mass is 408 g/mol. The van der Waals surface area contributed by atoms with Crippen LogP contribution in [0.15, 0.2) is 30.7 Å². The zero-order valence-corrected chi connectivity index (χ0v) is 15.1. The molecular weight excluding hydrogens is 393 g/mol. The largest absolute Gasteiger partial charge is 0.465 e. The fourth-order valence-electron chi connectivity index (χ4n) is 2.13. The second-order valence-corrected chi connectivity index (χ2v) is 6.73. The predicted octanol–water partition coefficient (Wildman–Crippen LogP) is 4.48. The van der Waals surface area contributed by atoms with Crippen molar-refractivity contribution in [2.45, 2.75) is 19.0 Å². The van der Waals surface area contributed by atoms with Crippen molar-refractivity contribution >= 4 is 35.1 Å². The number of pyridine rings is 1. The molecule has 0 radical (unpaired) electrons. The van der Waals surface area contributed by atoms with E-state index >= 15 is 0 Å². The first-order chi connectivity index (χ1) is 12.3. The molecule has 0 atom stereocenters. The number of nitrogens with zero attached hydrogens (tertiary/aromatic N) is 4. The van der Waals surface area contributed by atoms with Gasteiger partial charge in [-0.25, -0.2) is 9.48 Å². The first kappa shape index (κ1) is 20.4. The summed E-state index contributed by atoms with van der Waals surface area (Å²) in [5.74, 6) is -0.602.